The van der Waals surface area contributed by atoms with Crippen LogP contribution in [0.1, 0.15) is 6.92 Å². The Kier molecular flexibility index (Phi) is 5.50. The molecule has 0 saturated heterocycles. The average molecular weight is 350 g/mol. The van der Waals surface area contributed by atoms with Crippen LogP contribution >= 0.6 is 0 Å². The number of anilines is 1. The molecule has 0 aromatic carbocycles. The van der Waals surface area contributed by atoms with Crippen molar-refractivity contribution in [2.75, 3.05) is 11.9 Å². The third-order valence-electron chi connectivity index (χ3n) is 3.61. The average Bonchev–Trinajstić information content (AvgIpc) is 2.58. The zero-order valence-electron chi connectivity index (χ0n) is 13.9. The molecular weight excluding hydrogens is 331 g/mol. The topological polar surface area (TPSA) is 109 Å². The molecule has 0 bridgehead atoms. The standard InChI is InChI=1S/C16H19FN4O4/c1-4-5-9(2)19-13-11-14(20(3)16(25)12(13)17)18-8-21(15(11)24)6-10(23)7-22/h4-5,8,10,19,22-23H,1,6-7H2,2-3H3/b9-5+/t10-/m1/s1. The molecular formula is C16H19FN4O4. The van der Waals surface area contributed by atoms with Gasteiger partial charge in [0.05, 0.1) is 24.9 Å². The molecule has 0 unspecified atom stereocenters. The van der Waals surface area contributed by atoms with Gasteiger partial charge in [-0.05, 0) is 13.0 Å². The molecule has 0 radical (unpaired) electrons. The first-order chi connectivity index (χ1) is 11.8. The summed E-state index contributed by atoms with van der Waals surface area (Å²) >= 11 is 0. The molecule has 0 aliphatic rings. The number of aliphatic hydroxyl groups is 2. The Hall–Kier alpha value is -2.78. The fourth-order valence-electron chi connectivity index (χ4n) is 2.36. The van der Waals surface area contributed by atoms with Crippen LogP contribution in [0, 0.1) is 5.82 Å². The van der Waals surface area contributed by atoms with Crippen molar-refractivity contribution in [2.24, 2.45) is 7.05 Å². The normalized spacial score (nSPS) is 13.1. The molecule has 2 aromatic rings. The first kappa shape index (κ1) is 18.6. The van der Waals surface area contributed by atoms with Gasteiger partial charge < -0.3 is 15.5 Å². The molecule has 8 nitrogen and oxygen atoms in total. The summed E-state index contributed by atoms with van der Waals surface area (Å²) in [4.78, 5) is 28.8. The Morgan fingerprint density at radius 1 is 1.48 bits per heavy atom. The number of allylic oxidation sites excluding steroid dienone is 3. The minimum absolute atomic E-state index is 0.0000383. The number of hydrogen-bond donors (Lipinski definition) is 3. The Balaban J connectivity index is 2.82. The first-order valence-electron chi connectivity index (χ1n) is 7.44. The first-order valence-corrected chi connectivity index (χ1v) is 7.44. The van der Waals surface area contributed by atoms with Crippen molar-refractivity contribution in [3.63, 3.8) is 0 Å². The van der Waals surface area contributed by atoms with E-state index in [0.29, 0.717) is 5.70 Å². The van der Waals surface area contributed by atoms with E-state index in [4.69, 9.17) is 5.11 Å². The van der Waals surface area contributed by atoms with Crippen LogP contribution in [0.25, 0.3) is 11.0 Å². The van der Waals surface area contributed by atoms with Crippen LogP contribution in [-0.2, 0) is 13.6 Å². The lowest BCUT2D eigenvalue weighted by atomic mass is 10.2. The van der Waals surface area contributed by atoms with Crippen LogP contribution < -0.4 is 16.4 Å². The molecule has 3 N–H and O–H groups in total. The number of hydrogen-bond acceptors (Lipinski definition) is 6. The van der Waals surface area contributed by atoms with E-state index in [1.165, 1.54) is 13.1 Å². The number of nitrogens with one attached hydrogen (secondary N) is 1. The Morgan fingerprint density at radius 2 is 2.16 bits per heavy atom. The molecule has 2 aromatic heterocycles. The summed E-state index contributed by atoms with van der Waals surface area (Å²) in [6.45, 7) is 4.38. The van der Waals surface area contributed by atoms with Gasteiger partial charge in [0.2, 0.25) is 5.82 Å². The quantitative estimate of drug-likeness (QED) is 0.637. The highest BCUT2D eigenvalue weighted by Crippen LogP contribution is 2.21. The van der Waals surface area contributed by atoms with Crippen LogP contribution in [0.5, 0.6) is 0 Å². The zero-order chi connectivity index (χ0) is 18.7. The van der Waals surface area contributed by atoms with Crippen molar-refractivity contribution in [1.82, 2.24) is 14.1 Å². The molecule has 0 saturated carbocycles. The Morgan fingerprint density at radius 3 is 2.76 bits per heavy atom. The predicted octanol–water partition coefficient (Wildman–Crippen LogP) is 0.0892. The Bertz CT molecular complexity index is 961. The van der Waals surface area contributed by atoms with Gasteiger partial charge in [0.1, 0.15) is 11.7 Å². The lowest BCUT2D eigenvalue weighted by Crippen LogP contribution is -2.32. The maximum atomic E-state index is 14.5. The van der Waals surface area contributed by atoms with E-state index in [-0.39, 0.29) is 23.3 Å². The SMILES string of the molecule is C=C/C=C(\C)Nc1c(F)c(=O)n(C)c2ncn(C[C@@H](O)CO)c(=O)c12. The summed E-state index contributed by atoms with van der Waals surface area (Å²) in [6, 6.07) is 0. The van der Waals surface area contributed by atoms with Gasteiger partial charge in [0.25, 0.3) is 11.1 Å². The molecule has 2 heterocycles. The van der Waals surface area contributed by atoms with Crippen molar-refractivity contribution in [1.29, 1.82) is 0 Å². The van der Waals surface area contributed by atoms with Gasteiger partial charge >= 0.3 is 0 Å². The van der Waals surface area contributed by atoms with E-state index in [0.717, 1.165) is 15.5 Å². The second kappa shape index (κ2) is 7.41. The number of aryl methyl sites for hydroxylation is 1. The summed E-state index contributed by atoms with van der Waals surface area (Å²) < 4.78 is 16.5. The van der Waals surface area contributed by atoms with Crippen LogP contribution in [0.3, 0.4) is 0 Å². The zero-order valence-corrected chi connectivity index (χ0v) is 13.9. The fourth-order valence-corrected chi connectivity index (χ4v) is 2.36. The lowest BCUT2D eigenvalue weighted by Gasteiger charge is -2.15. The van der Waals surface area contributed by atoms with Crippen LogP contribution in [0.15, 0.2) is 40.3 Å². The van der Waals surface area contributed by atoms with Gasteiger partial charge in [-0.3, -0.25) is 18.7 Å². The van der Waals surface area contributed by atoms with Gasteiger partial charge in [-0.1, -0.05) is 12.7 Å². The maximum absolute atomic E-state index is 14.5. The maximum Gasteiger partial charge on any atom is 0.290 e. The van der Waals surface area contributed by atoms with Crippen molar-refractivity contribution < 1.29 is 14.6 Å². The lowest BCUT2D eigenvalue weighted by molar-refractivity contribution is 0.0802. The van der Waals surface area contributed by atoms with Crippen LogP contribution in [-0.4, -0.2) is 37.0 Å². The van der Waals surface area contributed by atoms with Crippen molar-refractivity contribution in [3.05, 3.63) is 57.3 Å². The van der Waals surface area contributed by atoms with E-state index in [2.05, 4.69) is 16.9 Å². The third kappa shape index (κ3) is 3.52. The van der Waals surface area contributed by atoms with Gasteiger partial charge in [-0.15, -0.1) is 0 Å². The molecule has 25 heavy (non-hydrogen) atoms. The van der Waals surface area contributed by atoms with E-state index in [9.17, 15) is 19.1 Å². The fraction of sp³-hybridized carbons (Fsp3) is 0.312. The van der Waals surface area contributed by atoms with Gasteiger partial charge in [0.15, 0.2) is 5.65 Å². The number of aliphatic hydroxyl groups excluding tert-OH is 2. The minimum Gasteiger partial charge on any atom is -0.394 e. The molecule has 0 fully saturated rings. The molecule has 0 aliphatic heterocycles. The number of aromatic nitrogens is 3. The molecule has 9 heteroatoms. The van der Waals surface area contributed by atoms with E-state index < -0.39 is 29.6 Å². The molecule has 2 rings (SSSR count). The van der Waals surface area contributed by atoms with Crippen molar-refractivity contribution in [2.45, 2.75) is 19.6 Å². The van der Waals surface area contributed by atoms with Crippen molar-refractivity contribution >= 4 is 16.7 Å². The van der Waals surface area contributed by atoms with Crippen molar-refractivity contribution in [3.8, 4) is 0 Å². The molecule has 0 spiro atoms. The second-order valence-corrected chi connectivity index (χ2v) is 5.50. The number of pyridine rings is 1. The highest BCUT2D eigenvalue weighted by atomic mass is 19.1. The van der Waals surface area contributed by atoms with Crippen LogP contribution in [0.2, 0.25) is 0 Å². The van der Waals surface area contributed by atoms with Gasteiger partial charge in [-0.25, -0.2) is 4.98 Å². The smallest absolute Gasteiger partial charge is 0.290 e. The number of halogens is 1. The second-order valence-electron chi connectivity index (χ2n) is 5.50. The van der Waals surface area contributed by atoms with Gasteiger partial charge in [-0.2, -0.15) is 4.39 Å². The summed E-state index contributed by atoms with van der Waals surface area (Å²) in [5, 5.41) is 21.0. The van der Waals surface area contributed by atoms with E-state index >= 15 is 0 Å². The summed E-state index contributed by atoms with van der Waals surface area (Å²) in [7, 11) is 1.31. The highest BCUT2D eigenvalue weighted by Gasteiger charge is 2.20. The number of nitrogens with zero attached hydrogens (tertiary/aromatic N) is 3. The Labute approximate surface area is 142 Å². The van der Waals surface area contributed by atoms with Gasteiger partial charge in [0, 0.05) is 12.7 Å². The summed E-state index contributed by atoms with van der Waals surface area (Å²) in [5.41, 5.74) is -1.41. The van der Waals surface area contributed by atoms with E-state index in [1.54, 1.807) is 13.0 Å². The molecule has 0 amide bonds. The molecule has 0 aliphatic carbocycles. The summed E-state index contributed by atoms with van der Waals surface area (Å²) in [5.74, 6) is -1.12. The number of rotatable bonds is 6. The largest absolute Gasteiger partial charge is 0.394 e. The predicted molar refractivity (Wildman–Crippen MR) is 91.9 cm³/mol. The molecule has 134 valence electrons. The third-order valence-corrected chi connectivity index (χ3v) is 3.61. The molecule has 1 atom stereocenters. The monoisotopic (exact) mass is 350 g/mol. The van der Waals surface area contributed by atoms with E-state index in [1.807, 2.05) is 0 Å². The van der Waals surface area contributed by atoms with Crippen LogP contribution in [0.4, 0.5) is 10.1 Å². The minimum atomic E-state index is -1.17. The summed E-state index contributed by atoms with van der Waals surface area (Å²) in [6.07, 6.45) is 2.98. The highest BCUT2D eigenvalue weighted by molar-refractivity contribution is 5.89. The number of fused-ring (bicyclic) bond motifs is 1.